The van der Waals surface area contributed by atoms with Gasteiger partial charge in [-0.25, -0.2) is 4.98 Å². The summed E-state index contributed by atoms with van der Waals surface area (Å²) in [6.07, 6.45) is 3.66. The molecule has 0 saturated heterocycles. The molecule has 1 N–H and O–H groups in total. The number of pyridine rings is 1. The normalized spacial score (nSPS) is 10.8. The van der Waals surface area contributed by atoms with Crippen LogP contribution in [0.15, 0.2) is 41.1 Å². The summed E-state index contributed by atoms with van der Waals surface area (Å²) in [6.45, 7) is 2.79. The lowest BCUT2D eigenvalue weighted by Gasteiger charge is -2.06. The Morgan fingerprint density at radius 3 is 3.00 bits per heavy atom. The molecule has 96 valence electrons. The Labute approximate surface area is 123 Å². The van der Waals surface area contributed by atoms with Gasteiger partial charge in [0.25, 0.3) is 0 Å². The zero-order chi connectivity index (χ0) is 13.2. The van der Waals surface area contributed by atoms with Gasteiger partial charge < -0.3 is 5.32 Å². The van der Waals surface area contributed by atoms with Gasteiger partial charge in [-0.1, -0.05) is 0 Å². The predicted octanol–water partition coefficient (Wildman–Crippen LogP) is 4.37. The fourth-order valence-corrected chi connectivity index (χ4v) is 3.19. The van der Waals surface area contributed by atoms with Gasteiger partial charge in [0.05, 0.1) is 15.2 Å². The average Bonchev–Trinajstić information content (AvgIpc) is 2.75. The molecule has 0 atom stereocenters. The number of rotatable bonds is 3. The van der Waals surface area contributed by atoms with Gasteiger partial charge in [-0.05, 0) is 52.7 Å². The van der Waals surface area contributed by atoms with Gasteiger partial charge in [-0.2, -0.15) is 0 Å². The first-order valence-corrected chi connectivity index (χ1v) is 7.52. The minimum absolute atomic E-state index is 0.760. The molecular weight excluding hydrogens is 322 g/mol. The van der Waals surface area contributed by atoms with Crippen LogP contribution in [0.25, 0.3) is 10.2 Å². The van der Waals surface area contributed by atoms with Gasteiger partial charge in [0.2, 0.25) is 0 Å². The number of anilines is 1. The molecule has 5 heteroatoms. The van der Waals surface area contributed by atoms with Crippen LogP contribution in [0, 0.1) is 6.92 Å². The zero-order valence-electron chi connectivity index (χ0n) is 10.4. The van der Waals surface area contributed by atoms with E-state index in [4.69, 9.17) is 0 Å². The first-order chi connectivity index (χ1) is 9.20. The van der Waals surface area contributed by atoms with Crippen molar-refractivity contribution in [3.8, 4) is 0 Å². The van der Waals surface area contributed by atoms with Gasteiger partial charge in [-0.15, -0.1) is 11.3 Å². The highest BCUT2D eigenvalue weighted by atomic mass is 79.9. The third-order valence-corrected chi connectivity index (χ3v) is 4.12. The summed E-state index contributed by atoms with van der Waals surface area (Å²) in [5, 5.41) is 4.51. The minimum atomic E-state index is 0.760. The number of aryl methyl sites for hydroxylation is 1. The van der Waals surface area contributed by atoms with Crippen molar-refractivity contribution in [2.75, 3.05) is 5.32 Å². The van der Waals surface area contributed by atoms with E-state index < -0.39 is 0 Å². The predicted molar refractivity (Wildman–Crippen MR) is 83.6 cm³/mol. The first-order valence-electron chi connectivity index (χ1n) is 5.91. The Kier molecular flexibility index (Phi) is 3.48. The molecule has 19 heavy (non-hydrogen) atoms. The maximum Gasteiger partial charge on any atom is 0.0907 e. The Balaban J connectivity index is 1.78. The molecule has 0 saturated carbocycles. The fraction of sp³-hybridized carbons (Fsp3) is 0.143. The molecule has 0 spiro atoms. The van der Waals surface area contributed by atoms with E-state index in [0.717, 1.165) is 32.8 Å². The van der Waals surface area contributed by atoms with Gasteiger partial charge in [0.15, 0.2) is 0 Å². The van der Waals surface area contributed by atoms with Crippen molar-refractivity contribution in [3.63, 3.8) is 0 Å². The van der Waals surface area contributed by atoms with Crippen molar-refractivity contribution in [2.24, 2.45) is 0 Å². The van der Waals surface area contributed by atoms with Crippen molar-refractivity contribution >= 4 is 43.2 Å². The lowest BCUT2D eigenvalue weighted by molar-refractivity contribution is 1.11. The van der Waals surface area contributed by atoms with Crippen LogP contribution < -0.4 is 5.32 Å². The highest BCUT2D eigenvalue weighted by Gasteiger charge is 2.02. The van der Waals surface area contributed by atoms with E-state index in [0.29, 0.717) is 0 Å². The summed E-state index contributed by atoms with van der Waals surface area (Å²) in [4.78, 5) is 8.61. The zero-order valence-corrected chi connectivity index (χ0v) is 12.8. The van der Waals surface area contributed by atoms with Crippen LogP contribution in [0.1, 0.15) is 10.6 Å². The second-order valence-corrected chi connectivity index (χ2v) is 6.43. The van der Waals surface area contributed by atoms with Crippen LogP contribution >= 0.6 is 27.3 Å². The van der Waals surface area contributed by atoms with Crippen molar-refractivity contribution in [1.29, 1.82) is 0 Å². The molecule has 0 aliphatic rings. The van der Waals surface area contributed by atoms with Crippen molar-refractivity contribution in [3.05, 3.63) is 51.7 Å². The van der Waals surface area contributed by atoms with E-state index in [1.807, 2.05) is 13.1 Å². The lowest BCUT2D eigenvalue weighted by atomic mass is 10.2. The molecule has 0 unspecified atom stereocenters. The van der Waals surface area contributed by atoms with E-state index in [1.165, 1.54) is 4.70 Å². The van der Waals surface area contributed by atoms with E-state index in [1.54, 1.807) is 17.5 Å². The largest absolute Gasteiger partial charge is 0.381 e. The number of nitrogens with zero attached hydrogens (tertiary/aromatic N) is 2. The van der Waals surface area contributed by atoms with E-state index in [2.05, 4.69) is 55.5 Å². The lowest BCUT2D eigenvalue weighted by Crippen LogP contribution is -1.99. The number of hydrogen-bond donors (Lipinski definition) is 1. The third-order valence-electron chi connectivity index (χ3n) is 2.75. The Hall–Kier alpha value is -1.46. The standard InChI is InChI=1S/C14H12BrN3S/c1-9-18-13-3-2-12(5-14(13)19-9)17-7-10-4-11(15)8-16-6-10/h2-6,8,17H,7H2,1H3. The molecule has 1 aromatic carbocycles. The van der Waals surface area contributed by atoms with Gasteiger partial charge in [0, 0.05) is 29.1 Å². The number of hydrogen-bond acceptors (Lipinski definition) is 4. The highest BCUT2D eigenvalue weighted by molar-refractivity contribution is 9.10. The van der Waals surface area contributed by atoms with Gasteiger partial charge in [0.1, 0.15) is 0 Å². The number of halogens is 1. The van der Waals surface area contributed by atoms with E-state index in [9.17, 15) is 0 Å². The quantitative estimate of drug-likeness (QED) is 0.773. The third kappa shape index (κ3) is 2.93. The van der Waals surface area contributed by atoms with E-state index >= 15 is 0 Å². The second-order valence-electron chi connectivity index (χ2n) is 4.28. The van der Waals surface area contributed by atoms with Crippen LogP contribution in [0.5, 0.6) is 0 Å². The summed E-state index contributed by atoms with van der Waals surface area (Å²) in [5.41, 5.74) is 3.32. The SMILES string of the molecule is Cc1nc2ccc(NCc3cncc(Br)c3)cc2s1. The maximum absolute atomic E-state index is 4.46. The molecule has 0 bridgehead atoms. The number of nitrogens with one attached hydrogen (secondary N) is 1. The van der Waals surface area contributed by atoms with Gasteiger partial charge in [-0.3, -0.25) is 4.98 Å². The Morgan fingerprint density at radius 2 is 2.16 bits per heavy atom. The number of aromatic nitrogens is 2. The highest BCUT2D eigenvalue weighted by Crippen LogP contribution is 2.25. The topological polar surface area (TPSA) is 37.8 Å². The molecule has 3 aromatic rings. The van der Waals surface area contributed by atoms with Crippen LogP contribution in [0.4, 0.5) is 5.69 Å². The summed E-state index contributed by atoms with van der Waals surface area (Å²) >= 11 is 5.15. The van der Waals surface area contributed by atoms with Crippen LogP contribution in [0.3, 0.4) is 0 Å². The molecule has 3 rings (SSSR count). The van der Waals surface area contributed by atoms with E-state index in [-0.39, 0.29) is 0 Å². The summed E-state index contributed by atoms with van der Waals surface area (Å²) < 4.78 is 2.22. The second kappa shape index (κ2) is 5.27. The molecule has 2 aromatic heterocycles. The average molecular weight is 334 g/mol. The van der Waals surface area contributed by atoms with Crippen LogP contribution in [-0.2, 0) is 6.54 Å². The van der Waals surface area contributed by atoms with Gasteiger partial charge >= 0.3 is 0 Å². The van der Waals surface area contributed by atoms with Crippen molar-refractivity contribution < 1.29 is 0 Å². The monoisotopic (exact) mass is 333 g/mol. The summed E-state index contributed by atoms with van der Waals surface area (Å²) in [6, 6.07) is 8.33. The summed E-state index contributed by atoms with van der Waals surface area (Å²) in [5.74, 6) is 0. The molecule has 0 radical (unpaired) electrons. The molecule has 3 nitrogen and oxygen atoms in total. The molecule has 0 aliphatic carbocycles. The number of thiazole rings is 1. The fourth-order valence-electron chi connectivity index (χ4n) is 1.91. The molecular formula is C14H12BrN3S. The summed E-state index contributed by atoms with van der Waals surface area (Å²) in [7, 11) is 0. The van der Waals surface area contributed by atoms with Crippen molar-refractivity contribution in [2.45, 2.75) is 13.5 Å². The maximum atomic E-state index is 4.46. The number of fused-ring (bicyclic) bond motifs is 1. The Morgan fingerprint density at radius 1 is 1.26 bits per heavy atom. The molecule has 0 fully saturated rings. The van der Waals surface area contributed by atoms with Crippen LogP contribution in [0.2, 0.25) is 0 Å². The smallest absolute Gasteiger partial charge is 0.0907 e. The van der Waals surface area contributed by atoms with Crippen molar-refractivity contribution in [1.82, 2.24) is 9.97 Å². The Bertz CT molecular complexity index is 724. The molecule has 0 aliphatic heterocycles. The molecule has 0 amide bonds. The first kappa shape index (κ1) is 12.6. The van der Waals surface area contributed by atoms with Crippen LogP contribution in [-0.4, -0.2) is 9.97 Å². The molecule has 2 heterocycles. The minimum Gasteiger partial charge on any atom is -0.381 e. The number of benzene rings is 1.